The van der Waals surface area contributed by atoms with Crippen LogP contribution in [0, 0.1) is 5.82 Å². The molecule has 6 nitrogen and oxygen atoms in total. The smallest absolute Gasteiger partial charge is 0.330 e. The fourth-order valence-electron chi connectivity index (χ4n) is 1.21. The molecule has 0 aliphatic carbocycles. The Hall–Kier alpha value is -2.44. The second-order valence-corrected chi connectivity index (χ2v) is 3.21. The lowest BCUT2D eigenvalue weighted by atomic mass is 10.3. The number of nitrogens with one attached hydrogen (secondary N) is 1. The molecule has 0 saturated heterocycles. The van der Waals surface area contributed by atoms with Crippen molar-refractivity contribution in [3.63, 3.8) is 0 Å². The molecule has 1 aromatic carbocycles. The van der Waals surface area contributed by atoms with Crippen LogP contribution in [0.1, 0.15) is 0 Å². The topological polar surface area (TPSA) is 69.2 Å². The van der Waals surface area contributed by atoms with Crippen LogP contribution in [-0.2, 0) is 0 Å². The lowest BCUT2D eigenvalue weighted by molar-refractivity contribution is 0.355. The number of aromatic nitrogens is 3. The molecule has 0 spiro atoms. The molecular formula is C11H11FN4O2. The predicted molar refractivity (Wildman–Crippen MR) is 62.4 cm³/mol. The number of halogens is 1. The summed E-state index contributed by atoms with van der Waals surface area (Å²) in [5.74, 6) is -0.191. The van der Waals surface area contributed by atoms with Crippen LogP contribution in [0.5, 0.6) is 17.8 Å². The van der Waals surface area contributed by atoms with Crippen molar-refractivity contribution in [1.82, 2.24) is 15.0 Å². The van der Waals surface area contributed by atoms with E-state index in [-0.39, 0.29) is 23.7 Å². The van der Waals surface area contributed by atoms with Crippen molar-refractivity contribution < 1.29 is 13.9 Å². The van der Waals surface area contributed by atoms with Crippen molar-refractivity contribution in [2.45, 2.75) is 0 Å². The number of benzene rings is 1. The van der Waals surface area contributed by atoms with Gasteiger partial charge in [-0.2, -0.15) is 9.97 Å². The van der Waals surface area contributed by atoms with Crippen molar-refractivity contribution in [2.75, 3.05) is 19.5 Å². The predicted octanol–water partition coefficient (Wildman–Crippen LogP) is 1.85. The summed E-state index contributed by atoms with van der Waals surface area (Å²) < 4.78 is 23.5. The van der Waals surface area contributed by atoms with E-state index in [4.69, 9.17) is 9.47 Å². The Bertz CT molecular complexity index is 528. The summed E-state index contributed by atoms with van der Waals surface area (Å²) in [4.78, 5) is 11.7. The Labute approximate surface area is 103 Å². The van der Waals surface area contributed by atoms with Crippen LogP contribution in [0.25, 0.3) is 0 Å². The monoisotopic (exact) mass is 250 g/mol. The summed E-state index contributed by atoms with van der Waals surface area (Å²) >= 11 is 0. The fraction of sp³-hybridized carbons (Fsp3) is 0.182. The maximum Gasteiger partial charge on any atom is 0.330 e. The van der Waals surface area contributed by atoms with E-state index in [1.54, 1.807) is 19.2 Å². The quantitative estimate of drug-likeness (QED) is 0.893. The number of anilines is 1. The van der Waals surface area contributed by atoms with E-state index in [0.29, 0.717) is 0 Å². The molecule has 0 amide bonds. The van der Waals surface area contributed by atoms with E-state index >= 15 is 0 Å². The van der Waals surface area contributed by atoms with Crippen molar-refractivity contribution in [2.24, 2.45) is 0 Å². The minimum atomic E-state index is -0.497. The van der Waals surface area contributed by atoms with E-state index in [1.807, 2.05) is 0 Å². The van der Waals surface area contributed by atoms with E-state index in [0.717, 1.165) is 0 Å². The van der Waals surface area contributed by atoms with Gasteiger partial charge in [-0.15, -0.1) is 4.98 Å². The first-order valence-corrected chi connectivity index (χ1v) is 5.13. The summed E-state index contributed by atoms with van der Waals surface area (Å²) in [7, 11) is 3.06. The zero-order valence-corrected chi connectivity index (χ0v) is 9.85. The van der Waals surface area contributed by atoms with Gasteiger partial charge in [-0.1, -0.05) is 12.1 Å². The van der Waals surface area contributed by atoms with Gasteiger partial charge in [-0.25, -0.2) is 4.39 Å². The molecule has 0 saturated carbocycles. The molecule has 0 aliphatic heterocycles. The lowest BCUT2D eigenvalue weighted by Gasteiger charge is -2.07. The van der Waals surface area contributed by atoms with Gasteiger partial charge in [0.15, 0.2) is 11.6 Å². The van der Waals surface area contributed by atoms with Crippen LogP contribution in [0.3, 0.4) is 0 Å². The number of rotatable bonds is 4. The molecule has 0 bridgehead atoms. The molecule has 0 aliphatic rings. The minimum Gasteiger partial charge on any atom is -0.467 e. The molecule has 0 atom stereocenters. The van der Waals surface area contributed by atoms with Crippen molar-refractivity contribution >= 4 is 5.95 Å². The van der Waals surface area contributed by atoms with E-state index < -0.39 is 5.82 Å². The van der Waals surface area contributed by atoms with Crippen LogP contribution in [0.15, 0.2) is 24.3 Å². The molecule has 18 heavy (non-hydrogen) atoms. The van der Waals surface area contributed by atoms with E-state index in [2.05, 4.69) is 20.3 Å². The number of nitrogens with zero attached hydrogens (tertiary/aromatic N) is 3. The minimum absolute atomic E-state index is 0.0350. The standard InChI is InChI=1S/C11H11FN4O2/c1-13-9-14-10(17-2)16-11(15-9)18-8-6-4-3-5-7(8)12/h3-6H,1-2H3,(H,13,14,15,16). The highest BCUT2D eigenvalue weighted by atomic mass is 19.1. The molecule has 1 aromatic heterocycles. The van der Waals surface area contributed by atoms with Gasteiger partial charge >= 0.3 is 12.0 Å². The van der Waals surface area contributed by atoms with Gasteiger partial charge in [0.2, 0.25) is 5.95 Å². The Kier molecular flexibility index (Phi) is 3.52. The van der Waals surface area contributed by atoms with Gasteiger partial charge in [0, 0.05) is 7.05 Å². The number of hydrogen-bond acceptors (Lipinski definition) is 6. The average Bonchev–Trinajstić information content (AvgIpc) is 2.41. The maximum atomic E-state index is 13.4. The fourth-order valence-corrected chi connectivity index (χ4v) is 1.21. The highest BCUT2D eigenvalue weighted by molar-refractivity contribution is 5.30. The van der Waals surface area contributed by atoms with Gasteiger partial charge in [0.05, 0.1) is 7.11 Å². The third-order valence-electron chi connectivity index (χ3n) is 2.04. The summed E-state index contributed by atoms with van der Waals surface area (Å²) in [6.45, 7) is 0. The molecule has 2 aromatic rings. The number of hydrogen-bond donors (Lipinski definition) is 1. The van der Waals surface area contributed by atoms with Crippen LogP contribution >= 0.6 is 0 Å². The van der Waals surface area contributed by atoms with Crippen molar-refractivity contribution in [3.05, 3.63) is 30.1 Å². The molecule has 0 unspecified atom stereocenters. The number of para-hydroxylation sites is 1. The SMILES string of the molecule is CNc1nc(OC)nc(Oc2ccccc2F)n1. The highest BCUT2D eigenvalue weighted by Crippen LogP contribution is 2.22. The maximum absolute atomic E-state index is 13.4. The molecular weight excluding hydrogens is 239 g/mol. The van der Waals surface area contributed by atoms with E-state index in [1.165, 1.54) is 19.2 Å². The molecule has 7 heteroatoms. The van der Waals surface area contributed by atoms with Crippen LogP contribution in [0.4, 0.5) is 10.3 Å². The molecule has 0 fully saturated rings. The molecule has 1 N–H and O–H groups in total. The zero-order chi connectivity index (χ0) is 13.0. The van der Waals surface area contributed by atoms with Gasteiger partial charge in [0.25, 0.3) is 0 Å². The first kappa shape index (κ1) is 12.0. The lowest BCUT2D eigenvalue weighted by Crippen LogP contribution is -2.03. The third-order valence-corrected chi connectivity index (χ3v) is 2.04. The highest BCUT2D eigenvalue weighted by Gasteiger charge is 2.10. The second kappa shape index (κ2) is 5.26. The van der Waals surface area contributed by atoms with Gasteiger partial charge in [-0.3, -0.25) is 0 Å². The summed E-state index contributed by atoms with van der Waals surface area (Å²) in [6.07, 6.45) is 0. The Morgan fingerprint density at radius 3 is 2.50 bits per heavy atom. The van der Waals surface area contributed by atoms with Crippen LogP contribution in [-0.4, -0.2) is 29.1 Å². The average molecular weight is 250 g/mol. The first-order chi connectivity index (χ1) is 8.72. The summed E-state index contributed by atoms with van der Waals surface area (Å²) in [6, 6.07) is 6.01. The molecule has 94 valence electrons. The van der Waals surface area contributed by atoms with Gasteiger partial charge in [0.1, 0.15) is 0 Å². The normalized spacial score (nSPS) is 9.94. The van der Waals surface area contributed by atoms with Crippen molar-refractivity contribution in [3.8, 4) is 17.8 Å². The Morgan fingerprint density at radius 2 is 1.83 bits per heavy atom. The van der Waals surface area contributed by atoms with Gasteiger partial charge < -0.3 is 14.8 Å². The van der Waals surface area contributed by atoms with Gasteiger partial charge in [-0.05, 0) is 12.1 Å². The number of methoxy groups -OCH3 is 1. The van der Waals surface area contributed by atoms with E-state index in [9.17, 15) is 4.39 Å². The molecule has 1 heterocycles. The van der Waals surface area contributed by atoms with Crippen LogP contribution < -0.4 is 14.8 Å². The molecule has 0 radical (unpaired) electrons. The first-order valence-electron chi connectivity index (χ1n) is 5.13. The molecule has 2 rings (SSSR count). The zero-order valence-electron chi connectivity index (χ0n) is 9.85. The second-order valence-electron chi connectivity index (χ2n) is 3.21. The largest absolute Gasteiger partial charge is 0.467 e. The van der Waals surface area contributed by atoms with Crippen molar-refractivity contribution in [1.29, 1.82) is 0 Å². The number of ether oxygens (including phenoxy) is 2. The summed E-state index contributed by atoms with van der Waals surface area (Å²) in [5.41, 5.74) is 0. The third kappa shape index (κ3) is 2.62. The summed E-state index contributed by atoms with van der Waals surface area (Å²) in [5, 5.41) is 2.73. The van der Waals surface area contributed by atoms with Crippen LogP contribution in [0.2, 0.25) is 0 Å². The Morgan fingerprint density at radius 1 is 1.11 bits per heavy atom. The Balaban J connectivity index is 2.31.